The second-order valence-electron chi connectivity index (χ2n) is 5.46. The minimum Gasteiger partial charge on any atom is -0.355 e. The van der Waals surface area contributed by atoms with Crippen molar-refractivity contribution in [3.8, 4) is 0 Å². The fourth-order valence-corrected chi connectivity index (χ4v) is 2.35. The maximum atomic E-state index is 12.0. The fourth-order valence-electron chi connectivity index (χ4n) is 2.35. The van der Waals surface area contributed by atoms with Gasteiger partial charge in [-0.05, 0) is 38.3 Å². The molecule has 1 amide bonds. The summed E-state index contributed by atoms with van der Waals surface area (Å²) in [5.74, 6) is 0.0848. The van der Waals surface area contributed by atoms with Gasteiger partial charge in [0.2, 0.25) is 5.91 Å². The van der Waals surface area contributed by atoms with Gasteiger partial charge >= 0.3 is 0 Å². The van der Waals surface area contributed by atoms with Gasteiger partial charge in [0, 0.05) is 12.6 Å². The molecule has 0 heterocycles. The second kappa shape index (κ2) is 8.75. The second-order valence-corrected chi connectivity index (χ2v) is 5.46. The molecule has 0 fully saturated rings. The Kier molecular flexibility index (Phi) is 7.31. The first-order chi connectivity index (χ1) is 9.56. The van der Waals surface area contributed by atoms with E-state index in [1.54, 1.807) is 0 Å². The normalized spacial score (nSPS) is 13.8. The van der Waals surface area contributed by atoms with E-state index >= 15 is 0 Å². The minimum atomic E-state index is -0.175. The summed E-state index contributed by atoms with van der Waals surface area (Å²) in [6.45, 7) is 9.06. The van der Waals surface area contributed by atoms with E-state index in [1.807, 2.05) is 19.1 Å². The van der Waals surface area contributed by atoms with Gasteiger partial charge < -0.3 is 5.32 Å². The van der Waals surface area contributed by atoms with Crippen molar-refractivity contribution in [2.24, 2.45) is 0 Å². The Morgan fingerprint density at radius 1 is 1.20 bits per heavy atom. The molecule has 2 N–H and O–H groups in total. The molecule has 1 aromatic carbocycles. The van der Waals surface area contributed by atoms with Gasteiger partial charge in [0.25, 0.3) is 0 Å². The van der Waals surface area contributed by atoms with Crippen molar-refractivity contribution in [2.45, 2.75) is 59.0 Å². The SMILES string of the molecule is CCCCCNC(=O)C(C)N[C@@H](C)c1ccccc1C. The van der Waals surface area contributed by atoms with Gasteiger partial charge in [-0.3, -0.25) is 10.1 Å². The van der Waals surface area contributed by atoms with Gasteiger partial charge in [-0.1, -0.05) is 44.0 Å². The van der Waals surface area contributed by atoms with Crippen LogP contribution in [-0.4, -0.2) is 18.5 Å². The summed E-state index contributed by atoms with van der Waals surface area (Å²) in [6, 6.07) is 8.28. The zero-order valence-electron chi connectivity index (χ0n) is 13.2. The Bertz CT molecular complexity index is 417. The molecule has 1 unspecified atom stereocenters. The van der Waals surface area contributed by atoms with Crippen molar-refractivity contribution in [1.82, 2.24) is 10.6 Å². The molecule has 0 aliphatic carbocycles. The number of carbonyl (C=O) groups excluding carboxylic acids is 1. The first-order valence-electron chi connectivity index (χ1n) is 7.65. The highest BCUT2D eigenvalue weighted by molar-refractivity contribution is 5.81. The summed E-state index contributed by atoms with van der Waals surface area (Å²) in [5.41, 5.74) is 2.50. The lowest BCUT2D eigenvalue weighted by Crippen LogP contribution is -2.43. The highest BCUT2D eigenvalue weighted by atomic mass is 16.2. The number of unbranched alkanes of at least 4 members (excludes halogenated alkanes) is 2. The number of hydrogen-bond donors (Lipinski definition) is 2. The number of amides is 1. The number of hydrogen-bond acceptors (Lipinski definition) is 2. The standard InChI is InChI=1S/C17H28N2O/c1-5-6-9-12-18-17(20)15(4)19-14(3)16-11-8-7-10-13(16)2/h7-8,10-11,14-15,19H,5-6,9,12H2,1-4H3,(H,18,20)/t14-,15?/m0/s1. The highest BCUT2D eigenvalue weighted by Crippen LogP contribution is 2.17. The van der Waals surface area contributed by atoms with Crippen LogP contribution in [-0.2, 0) is 4.79 Å². The monoisotopic (exact) mass is 276 g/mol. The lowest BCUT2D eigenvalue weighted by molar-refractivity contribution is -0.122. The van der Waals surface area contributed by atoms with E-state index in [1.165, 1.54) is 24.0 Å². The lowest BCUT2D eigenvalue weighted by atomic mass is 10.0. The van der Waals surface area contributed by atoms with Crippen molar-refractivity contribution >= 4 is 5.91 Å². The summed E-state index contributed by atoms with van der Waals surface area (Å²) in [4.78, 5) is 12.0. The Balaban J connectivity index is 2.43. The quantitative estimate of drug-likeness (QED) is 0.715. The van der Waals surface area contributed by atoms with Gasteiger partial charge in [-0.25, -0.2) is 0 Å². The molecular weight excluding hydrogens is 248 g/mol. The molecule has 1 aromatic rings. The maximum absolute atomic E-state index is 12.0. The summed E-state index contributed by atoms with van der Waals surface area (Å²) >= 11 is 0. The van der Waals surface area contributed by atoms with Gasteiger partial charge in [0.05, 0.1) is 6.04 Å². The number of aryl methyl sites for hydroxylation is 1. The van der Waals surface area contributed by atoms with Crippen molar-refractivity contribution in [3.05, 3.63) is 35.4 Å². The van der Waals surface area contributed by atoms with Crippen LogP contribution in [0.1, 0.15) is 57.2 Å². The Morgan fingerprint density at radius 3 is 2.55 bits per heavy atom. The smallest absolute Gasteiger partial charge is 0.236 e. The largest absolute Gasteiger partial charge is 0.355 e. The van der Waals surface area contributed by atoms with E-state index in [9.17, 15) is 4.79 Å². The maximum Gasteiger partial charge on any atom is 0.236 e. The number of nitrogens with one attached hydrogen (secondary N) is 2. The van der Waals surface area contributed by atoms with E-state index in [0.717, 1.165) is 13.0 Å². The molecule has 0 spiro atoms. The van der Waals surface area contributed by atoms with Crippen LogP contribution < -0.4 is 10.6 Å². The van der Waals surface area contributed by atoms with Gasteiger partial charge in [0.1, 0.15) is 0 Å². The van der Waals surface area contributed by atoms with Crippen molar-refractivity contribution in [2.75, 3.05) is 6.54 Å². The molecule has 0 saturated heterocycles. The summed E-state index contributed by atoms with van der Waals surface area (Å²) < 4.78 is 0. The average Bonchev–Trinajstić information content (AvgIpc) is 2.43. The molecule has 3 heteroatoms. The summed E-state index contributed by atoms with van der Waals surface area (Å²) in [5, 5.41) is 6.35. The predicted octanol–water partition coefficient (Wildman–Crippen LogP) is 3.34. The van der Waals surface area contributed by atoms with E-state index in [0.29, 0.717) is 0 Å². The number of carbonyl (C=O) groups is 1. The van der Waals surface area contributed by atoms with Gasteiger partial charge in [-0.2, -0.15) is 0 Å². The average molecular weight is 276 g/mol. The van der Waals surface area contributed by atoms with Crippen molar-refractivity contribution in [1.29, 1.82) is 0 Å². The number of benzene rings is 1. The van der Waals surface area contributed by atoms with E-state index in [2.05, 4.69) is 43.5 Å². The van der Waals surface area contributed by atoms with E-state index < -0.39 is 0 Å². The van der Waals surface area contributed by atoms with Crippen LogP contribution in [0.5, 0.6) is 0 Å². The van der Waals surface area contributed by atoms with Crippen LogP contribution in [0.4, 0.5) is 0 Å². The molecule has 0 bridgehead atoms. The molecule has 0 aliphatic heterocycles. The van der Waals surface area contributed by atoms with Crippen LogP contribution in [0.15, 0.2) is 24.3 Å². The highest BCUT2D eigenvalue weighted by Gasteiger charge is 2.16. The van der Waals surface area contributed by atoms with Crippen molar-refractivity contribution < 1.29 is 4.79 Å². The first-order valence-corrected chi connectivity index (χ1v) is 7.65. The number of rotatable bonds is 8. The topological polar surface area (TPSA) is 41.1 Å². The molecule has 20 heavy (non-hydrogen) atoms. The lowest BCUT2D eigenvalue weighted by Gasteiger charge is -2.21. The van der Waals surface area contributed by atoms with Crippen LogP contribution in [0.2, 0.25) is 0 Å². The van der Waals surface area contributed by atoms with Crippen LogP contribution in [0.25, 0.3) is 0 Å². The van der Waals surface area contributed by atoms with E-state index in [-0.39, 0.29) is 18.0 Å². The zero-order chi connectivity index (χ0) is 15.0. The zero-order valence-corrected chi connectivity index (χ0v) is 13.2. The fraction of sp³-hybridized carbons (Fsp3) is 0.588. The Morgan fingerprint density at radius 2 is 1.90 bits per heavy atom. The Hall–Kier alpha value is -1.35. The predicted molar refractivity (Wildman–Crippen MR) is 84.7 cm³/mol. The third-order valence-corrected chi connectivity index (χ3v) is 3.63. The molecular formula is C17H28N2O. The third kappa shape index (κ3) is 5.33. The molecule has 1 rings (SSSR count). The summed E-state index contributed by atoms with van der Waals surface area (Å²) in [6.07, 6.45) is 3.40. The molecule has 112 valence electrons. The third-order valence-electron chi connectivity index (χ3n) is 3.63. The van der Waals surface area contributed by atoms with Crippen LogP contribution >= 0.6 is 0 Å². The van der Waals surface area contributed by atoms with E-state index in [4.69, 9.17) is 0 Å². The Labute approximate surface area is 123 Å². The molecule has 2 atom stereocenters. The van der Waals surface area contributed by atoms with Crippen LogP contribution in [0.3, 0.4) is 0 Å². The van der Waals surface area contributed by atoms with Crippen LogP contribution in [0, 0.1) is 6.92 Å². The minimum absolute atomic E-state index is 0.0848. The molecule has 0 aliphatic rings. The molecule has 0 radical (unpaired) electrons. The molecule has 3 nitrogen and oxygen atoms in total. The molecule has 0 aromatic heterocycles. The van der Waals surface area contributed by atoms with Gasteiger partial charge in [0.15, 0.2) is 0 Å². The first kappa shape index (κ1) is 16.7. The van der Waals surface area contributed by atoms with Crippen molar-refractivity contribution in [3.63, 3.8) is 0 Å². The molecule has 0 saturated carbocycles. The van der Waals surface area contributed by atoms with Gasteiger partial charge in [-0.15, -0.1) is 0 Å². The summed E-state index contributed by atoms with van der Waals surface area (Å²) in [7, 11) is 0.